The van der Waals surface area contributed by atoms with E-state index in [1.54, 1.807) is 0 Å². The SMILES string of the molecule is C/C(=C/C(C)c1ccccc1)CO.CC(c1ccccc1)C1CC1(C)CO. The lowest BCUT2D eigenvalue weighted by atomic mass is 9.91. The van der Waals surface area contributed by atoms with Gasteiger partial charge in [-0.05, 0) is 47.6 Å². The highest BCUT2D eigenvalue weighted by molar-refractivity contribution is 5.24. The Kier molecular flexibility index (Phi) is 7.82. The van der Waals surface area contributed by atoms with Gasteiger partial charge in [0.25, 0.3) is 0 Å². The third-order valence-electron chi connectivity index (χ3n) is 5.82. The first kappa shape index (κ1) is 21.4. The quantitative estimate of drug-likeness (QED) is 0.659. The zero-order valence-electron chi connectivity index (χ0n) is 17.1. The minimum Gasteiger partial charge on any atom is -0.396 e. The van der Waals surface area contributed by atoms with Crippen molar-refractivity contribution in [3.8, 4) is 0 Å². The van der Waals surface area contributed by atoms with Crippen LogP contribution in [0.25, 0.3) is 0 Å². The summed E-state index contributed by atoms with van der Waals surface area (Å²) >= 11 is 0. The Morgan fingerprint density at radius 2 is 1.52 bits per heavy atom. The van der Waals surface area contributed by atoms with Crippen molar-refractivity contribution in [2.24, 2.45) is 11.3 Å². The molecule has 0 radical (unpaired) electrons. The summed E-state index contributed by atoms with van der Waals surface area (Å²) in [6.45, 7) is 9.00. The fraction of sp³-hybridized carbons (Fsp3) is 0.440. The Morgan fingerprint density at radius 3 is 1.96 bits per heavy atom. The van der Waals surface area contributed by atoms with Gasteiger partial charge in [-0.15, -0.1) is 0 Å². The molecule has 1 fully saturated rings. The van der Waals surface area contributed by atoms with Crippen molar-refractivity contribution in [1.29, 1.82) is 0 Å². The summed E-state index contributed by atoms with van der Waals surface area (Å²) in [7, 11) is 0. The molecular weight excluding hydrogens is 332 g/mol. The molecule has 2 aromatic rings. The van der Waals surface area contributed by atoms with Crippen LogP contribution in [0, 0.1) is 11.3 Å². The first-order valence-corrected chi connectivity index (χ1v) is 9.90. The average molecular weight is 367 g/mol. The summed E-state index contributed by atoms with van der Waals surface area (Å²) in [5.41, 5.74) is 3.90. The molecule has 0 aromatic heterocycles. The highest BCUT2D eigenvalue weighted by Gasteiger charge is 2.52. The Labute approximate surface area is 164 Å². The molecular formula is C25H34O2. The second kappa shape index (κ2) is 9.87. The molecule has 1 aliphatic carbocycles. The number of allylic oxidation sites excluding steroid dienone is 1. The summed E-state index contributed by atoms with van der Waals surface area (Å²) in [5.74, 6) is 1.62. The van der Waals surface area contributed by atoms with Crippen molar-refractivity contribution in [3.05, 3.63) is 83.4 Å². The molecule has 2 aromatic carbocycles. The molecule has 3 rings (SSSR count). The van der Waals surface area contributed by atoms with Gasteiger partial charge in [-0.3, -0.25) is 0 Å². The van der Waals surface area contributed by atoms with Gasteiger partial charge in [-0.1, -0.05) is 93.1 Å². The molecule has 2 heteroatoms. The molecule has 146 valence electrons. The average Bonchev–Trinajstić information content (AvgIpc) is 3.41. The molecule has 0 amide bonds. The van der Waals surface area contributed by atoms with Gasteiger partial charge in [0.2, 0.25) is 0 Å². The summed E-state index contributed by atoms with van der Waals surface area (Å²) in [6, 6.07) is 20.9. The van der Waals surface area contributed by atoms with E-state index in [-0.39, 0.29) is 12.0 Å². The Bertz CT molecular complexity index is 708. The van der Waals surface area contributed by atoms with Crippen LogP contribution in [-0.2, 0) is 0 Å². The monoisotopic (exact) mass is 366 g/mol. The molecule has 0 spiro atoms. The minimum absolute atomic E-state index is 0.150. The smallest absolute Gasteiger partial charge is 0.0639 e. The van der Waals surface area contributed by atoms with Gasteiger partial charge in [0.05, 0.1) is 6.61 Å². The van der Waals surface area contributed by atoms with Crippen LogP contribution in [0.3, 0.4) is 0 Å². The highest BCUT2D eigenvalue weighted by atomic mass is 16.3. The molecule has 2 nitrogen and oxygen atoms in total. The number of rotatable bonds is 6. The van der Waals surface area contributed by atoms with Gasteiger partial charge >= 0.3 is 0 Å². The largest absolute Gasteiger partial charge is 0.396 e. The maximum absolute atomic E-state index is 9.23. The Hall–Kier alpha value is -1.90. The van der Waals surface area contributed by atoms with Crippen molar-refractivity contribution >= 4 is 0 Å². The lowest BCUT2D eigenvalue weighted by Crippen LogP contribution is -2.08. The molecule has 0 bridgehead atoms. The van der Waals surface area contributed by atoms with Crippen LogP contribution < -0.4 is 0 Å². The van der Waals surface area contributed by atoms with E-state index in [4.69, 9.17) is 5.11 Å². The minimum atomic E-state index is 0.150. The Balaban J connectivity index is 0.000000194. The third kappa shape index (κ3) is 6.05. The second-order valence-electron chi connectivity index (χ2n) is 8.19. The third-order valence-corrected chi connectivity index (χ3v) is 5.82. The summed E-state index contributed by atoms with van der Waals surface area (Å²) in [6.07, 6.45) is 3.26. The lowest BCUT2D eigenvalue weighted by Gasteiger charge is -2.14. The van der Waals surface area contributed by atoms with E-state index >= 15 is 0 Å². The first-order valence-electron chi connectivity index (χ1n) is 9.90. The molecule has 1 saturated carbocycles. The number of benzene rings is 2. The van der Waals surface area contributed by atoms with E-state index in [0.29, 0.717) is 24.4 Å². The van der Waals surface area contributed by atoms with Crippen molar-refractivity contribution in [2.45, 2.75) is 46.0 Å². The van der Waals surface area contributed by atoms with Gasteiger partial charge in [0.15, 0.2) is 0 Å². The van der Waals surface area contributed by atoms with Crippen LogP contribution in [0.2, 0.25) is 0 Å². The molecule has 27 heavy (non-hydrogen) atoms. The van der Waals surface area contributed by atoms with Gasteiger partial charge < -0.3 is 10.2 Å². The maximum atomic E-state index is 9.23. The predicted octanol–water partition coefficient (Wildman–Crippen LogP) is 5.54. The zero-order valence-corrected chi connectivity index (χ0v) is 17.1. The van der Waals surface area contributed by atoms with Crippen LogP contribution >= 0.6 is 0 Å². The first-order chi connectivity index (χ1) is 12.9. The molecule has 4 atom stereocenters. The fourth-order valence-corrected chi connectivity index (χ4v) is 3.73. The van der Waals surface area contributed by atoms with Crippen LogP contribution in [-0.4, -0.2) is 23.4 Å². The molecule has 0 heterocycles. The standard InChI is InChI=1S/C13H18O.C12H16O/c1-10(11-6-4-3-5-7-11)12-8-13(12,2)9-14;1-10(9-13)8-11(2)12-6-4-3-5-7-12/h3-7,10,12,14H,8-9H2,1-2H3;3-8,11,13H,9H2,1-2H3/b;10-8-. The maximum Gasteiger partial charge on any atom is 0.0639 e. The van der Waals surface area contributed by atoms with Gasteiger partial charge in [-0.25, -0.2) is 0 Å². The van der Waals surface area contributed by atoms with E-state index < -0.39 is 0 Å². The summed E-state index contributed by atoms with van der Waals surface area (Å²) in [4.78, 5) is 0. The van der Waals surface area contributed by atoms with Gasteiger partial charge in [0, 0.05) is 6.61 Å². The molecule has 0 saturated heterocycles. The van der Waals surface area contributed by atoms with E-state index in [1.807, 2.05) is 31.2 Å². The van der Waals surface area contributed by atoms with Gasteiger partial charge in [0.1, 0.15) is 0 Å². The van der Waals surface area contributed by atoms with Crippen LogP contribution in [0.5, 0.6) is 0 Å². The van der Waals surface area contributed by atoms with E-state index in [0.717, 1.165) is 5.57 Å². The molecule has 1 aliphatic rings. The lowest BCUT2D eigenvalue weighted by molar-refractivity contribution is 0.207. The molecule has 2 N–H and O–H groups in total. The highest BCUT2D eigenvalue weighted by Crippen LogP contribution is 2.58. The van der Waals surface area contributed by atoms with Crippen molar-refractivity contribution in [2.75, 3.05) is 13.2 Å². The van der Waals surface area contributed by atoms with Crippen molar-refractivity contribution in [3.63, 3.8) is 0 Å². The summed E-state index contributed by atoms with van der Waals surface area (Å²) in [5, 5.41) is 18.1. The molecule has 0 aliphatic heterocycles. The predicted molar refractivity (Wildman–Crippen MR) is 114 cm³/mol. The Morgan fingerprint density at radius 1 is 1.00 bits per heavy atom. The number of hydrogen-bond acceptors (Lipinski definition) is 2. The topological polar surface area (TPSA) is 40.5 Å². The van der Waals surface area contributed by atoms with Crippen LogP contribution in [0.15, 0.2) is 72.3 Å². The van der Waals surface area contributed by atoms with E-state index in [1.165, 1.54) is 17.5 Å². The van der Waals surface area contributed by atoms with Crippen molar-refractivity contribution < 1.29 is 10.2 Å². The van der Waals surface area contributed by atoms with Crippen LogP contribution in [0.4, 0.5) is 0 Å². The van der Waals surface area contributed by atoms with E-state index in [9.17, 15) is 5.11 Å². The van der Waals surface area contributed by atoms with Gasteiger partial charge in [-0.2, -0.15) is 0 Å². The second-order valence-corrected chi connectivity index (χ2v) is 8.19. The number of aliphatic hydroxyl groups is 2. The molecule has 4 unspecified atom stereocenters. The summed E-state index contributed by atoms with van der Waals surface area (Å²) < 4.78 is 0. The normalized spacial score (nSPS) is 23.8. The fourth-order valence-electron chi connectivity index (χ4n) is 3.73. The van der Waals surface area contributed by atoms with E-state index in [2.05, 4.69) is 63.2 Å². The number of aliphatic hydroxyl groups excluding tert-OH is 2. The van der Waals surface area contributed by atoms with Crippen molar-refractivity contribution in [1.82, 2.24) is 0 Å². The van der Waals surface area contributed by atoms with Crippen LogP contribution in [0.1, 0.15) is 57.1 Å². The zero-order chi connectivity index (χ0) is 19.9. The number of hydrogen-bond donors (Lipinski definition) is 2.